The van der Waals surface area contributed by atoms with Crippen molar-refractivity contribution in [1.82, 2.24) is 10.6 Å². The maximum absolute atomic E-state index is 3.73. The van der Waals surface area contributed by atoms with Gasteiger partial charge in [0.15, 0.2) is 0 Å². The molecule has 0 saturated carbocycles. The molecule has 1 unspecified atom stereocenters. The summed E-state index contributed by atoms with van der Waals surface area (Å²) in [6, 6.07) is 21.5. The van der Waals surface area contributed by atoms with Crippen molar-refractivity contribution in [2.75, 3.05) is 19.6 Å². The molecule has 0 radical (unpaired) electrons. The van der Waals surface area contributed by atoms with Crippen LogP contribution in [0.5, 0.6) is 0 Å². The number of benzene rings is 2. The zero-order valence-corrected chi connectivity index (χ0v) is 11.1. The smallest absolute Gasteiger partial charge is 0.0602 e. The number of rotatable bonds is 3. The van der Waals surface area contributed by atoms with Crippen molar-refractivity contribution in [1.29, 1.82) is 0 Å². The summed E-state index contributed by atoms with van der Waals surface area (Å²) in [4.78, 5) is 0. The minimum absolute atomic E-state index is 0.0147. The molecule has 0 amide bonds. The van der Waals surface area contributed by atoms with Gasteiger partial charge in [-0.15, -0.1) is 0 Å². The van der Waals surface area contributed by atoms with Gasteiger partial charge in [0.2, 0.25) is 0 Å². The van der Waals surface area contributed by atoms with Crippen LogP contribution in [0.15, 0.2) is 60.7 Å². The van der Waals surface area contributed by atoms with Crippen molar-refractivity contribution < 1.29 is 0 Å². The molecule has 0 bridgehead atoms. The van der Waals surface area contributed by atoms with Gasteiger partial charge in [0.1, 0.15) is 0 Å². The third-order valence-electron chi connectivity index (χ3n) is 3.87. The van der Waals surface area contributed by atoms with Gasteiger partial charge in [-0.05, 0) is 17.5 Å². The Morgan fingerprint density at radius 1 is 0.842 bits per heavy atom. The molecule has 3 rings (SSSR count). The molecule has 2 nitrogen and oxygen atoms in total. The van der Waals surface area contributed by atoms with Gasteiger partial charge in [0.25, 0.3) is 0 Å². The minimum atomic E-state index is 0.0147. The van der Waals surface area contributed by atoms with Crippen molar-refractivity contribution in [3.05, 3.63) is 71.8 Å². The van der Waals surface area contributed by atoms with Gasteiger partial charge < -0.3 is 10.6 Å². The molecule has 2 aromatic carbocycles. The first kappa shape index (κ1) is 12.4. The summed E-state index contributed by atoms with van der Waals surface area (Å²) in [5.74, 6) is 0. The lowest BCUT2D eigenvalue weighted by atomic mass is 9.82. The van der Waals surface area contributed by atoms with E-state index >= 15 is 0 Å². The lowest BCUT2D eigenvalue weighted by molar-refractivity contribution is 0.274. The second-order valence-electron chi connectivity index (χ2n) is 5.21. The summed E-state index contributed by atoms with van der Waals surface area (Å²) in [6.07, 6.45) is 1.02. The van der Waals surface area contributed by atoms with Gasteiger partial charge in [-0.25, -0.2) is 0 Å². The number of nitrogens with one attached hydrogen (secondary N) is 2. The first-order chi connectivity index (χ1) is 9.39. The summed E-state index contributed by atoms with van der Waals surface area (Å²) in [6.45, 7) is 3.04. The highest BCUT2D eigenvalue weighted by molar-refractivity contribution is 5.30. The molecule has 19 heavy (non-hydrogen) atoms. The van der Waals surface area contributed by atoms with Crippen LogP contribution < -0.4 is 10.6 Å². The van der Waals surface area contributed by atoms with E-state index in [0.29, 0.717) is 0 Å². The van der Waals surface area contributed by atoms with Crippen LogP contribution in [-0.2, 0) is 12.0 Å². The van der Waals surface area contributed by atoms with Crippen LogP contribution in [0.4, 0.5) is 0 Å². The van der Waals surface area contributed by atoms with E-state index in [4.69, 9.17) is 0 Å². The number of hydrogen-bond donors (Lipinski definition) is 2. The molecule has 1 fully saturated rings. The van der Waals surface area contributed by atoms with Crippen LogP contribution in [-0.4, -0.2) is 19.6 Å². The SMILES string of the molecule is c1ccc(CC2(c3ccccc3)CNCCN2)cc1. The highest BCUT2D eigenvalue weighted by Crippen LogP contribution is 2.26. The normalized spacial score (nSPS) is 23.2. The van der Waals surface area contributed by atoms with Gasteiger partial charge in [-0.1, -0.05) is 60.7 Å². The molecular formula is C17H20N2. The third-order valence-corrected chi connectivity index (χ3v) is 3.87. The Kier molecular flexibility index (Phi) is 3.62. The van der Waals surface area contributed by atoms with Crippen LogP contribution in [0, 0.1) is 0 Å². The summed E-state index contributed by atoms with van der Waals surface area (Å²) in [7, 11) is 0. The van der Waals surface area contributed by atoms with E-state index in [9.17, 15) is 0 Å². The van der Waals surface area contributed by atoms with E-state index < -0.39 is 0 Å². The van der Waals surface area contributed by atoms with Crippen molar-refractivity contribution in [3.8, 4) is 0 Å². The molecule has 1 aliphatic heterocycles. The Morgan fingerprint density at radius 3 is 2.16 bits per heavy atom. The first-order valence-electron chi connectivity index (χ1n) is 6.94. The Balaban J connectivity index is 1.93. The molecule has 2 aromatic rings. The fourth-order valence-corrected chi connectivity index (χ4v) is 2.89. The van der Waals surface area contributed by atoms with E-state index in [2.05, 4.69) is 71.3 Å². The van der Waals surface area contributed by atoms with Gasteiger partial charge >= 0.3 is 0 Å². The van der Waals surface area contributed by atoms with Crippen LogP contribution in [0.1, 0.15) is 11.1 Å². The topological polar surface area (TPSA) is 24.1 Å². The highest BCUT2D eigenvalue weighted by atomic mass is 15.1. The molecule has 1 heterocycles. The molecule has 0 spiro atoms. The van der Waals surface area contributed by atoms with E-state index in [1.807, 2.05) is 0 Å². The van der Waals surface area contributed by atoms with Gasteiger partial charge in [0.05, 0.1) is 5.54 Å². The minimum Gasteiger partial charge on any atom is -0.313 e. The highest BCUT2D eigenvalue weighted by Gasteiger charge is 2.33. The molecule has 98 valence electrons. The van der Waals surface area contributed by atoms with Gasteiger partial charge in [0, 0.05) is 19.6 Å². The first-order valence-corrected chi connectivity index (χ1v) is 6.94. The summed E-state index contributed by atoms with van der Waals surface area (Å²) >= 11 is 0. The standard InChI is InChI=1S/C17H20N2/c1-3-7-15(8-4-1)13-17(14-18-11-12-19-17)16-9-5-2-6-10-16/h1-10,18-19H,11-14H2. The monoisotopic (exact) mass is 252 g/mol. The van der Waals surface area contributed by atoms with Crippen LogP contribution >= 0.6 is 0 Å². The van der Waals surface area contributed by atoms with Crippen molar-refractivity contribution in [3.63, 3.8) is 0 Å². The van der Waals surface area contributed by atoms with E-state index in [1.54, 1.807) is 0 Å². The molecule has 1 aliphatic rings. The quantitative estimate of drug-likeness (QED) is 0.876. The molecule has 0 aromatic heterocycles. The average molecular weight is 252 g/mol. The average Bonchev–Trinajstić information content (AvgIpc) is 2.50. The molecule has 2 heteroatoms. The second kappa shape index (κ2) is 5.55. The lowest BCUT2D eigenvalue weighted by Crippen LogP contribution is -2.58. The van der Waals surface area contributed by atoms with E-state index in [1.165, 1.54) is 11.1 Å². The lowest BCUT2D eigenvalue weighted by Gasteiger charge is -2.39. The molecule has 0 aliphatic carbocycles. The maximum Gasteiger partial charge on any atom is 0.0602 e. The number of hydrogen-bond acceptors (Lipinski definition) is 2. The molecule has 1 saturated heterocycles. The summed E-state index contributed by atoms with van der Waals surface area (Å²) in [5, 5.41) is 7.27. The van der Waals surface area contributed by atoms with Crippen molar-refractivity contribution >= 4 is 0 Å². The Hall–Kier alpha value is -1.64. The Labute approximate surface area is 114 Å². The maximum atomic E-state index is 3.73. The Morgan fingerprint density at radius 2 is 1.53 bits per heavy atom. The van der Waals surface area contributed by atoms with Crippen LogP contribution in [0.3, 0.4) is 0 Å². The predicted molar refractivity (Wildman–Crippen MR) is 79.1 cm³/mol. The van der Waals surface area contributed by atoms with Crippen LogP contribution in [0.2, 0.25) is 0 Å². The molecular weight excluding hydrogens is 232 g/mol. The summed E-state index contributed by atoms with van der Waals surface area (Å²) in [5.41, 5.74) is 2.76. The van der Waals surface area contributed by atoms with Crippen molar-refractivity contribution in [2.24, 2.45) is 0 Å². The van der Waals surface area contributed by atoms with E-state index in [-0.39, 0.29) is 5.54 Å². The number of piperazine rings is 1. The van der Waals surface area contributed by atoms with Crippen LogP contribution in [0.25, 0.3) is 0 Å². The molecule has 1 atom stereocenters. The fourth-order valence-electron chi connectivity index (χ4n) is 2.89. The summed E-state index contributed by atoms with van der Waals surface area (Å²) < 4.78 is 0. The Bertz CT molecular complexity index is 501. The predicted octanol–water partition coefficient (Wildman–Crippen LogP) is 2.32. The van der Waals surface area contributed by atoms with Gasteiger partial charge in [-0.3, -0.25) is 0 Å². The zero-order chi connectivity index (χ0) is 13.0. The second-order valence-corrected chi connectivity index (χ2v) is 5.21. The van der Waals surface area contributed by atoms with E-state index in [0.717, 1.165) is 26.1 Å². The third kappa shape index (κ3) is 2.70. The fraction of sp³-hybridized carbons (Fsp3) is 0.294. The molecule has 2 N–H and O–H groups in total. The largest absolute Gasteiger partial charge is 0.313 e. The zero-order valence-electron chi connectivity index (χ0n) is 11.1. The van der Waals surface area contributed by atoms with Gasteiger partial charge in [-0.2, -0.15) is 0 Å². The van der Waals surface area contributed by atoms with Crippen molar-refractivity contribution in [2.45, 2.75) is 12.0 Å².